The zero-order chi connectivity index (χ0) is 12.1. The predicted molar refractivity (Wildman–Crippen MR) is 58.1 cm³/mol. The lowest BCUT2D eigenvalue weighted by atomic mass is 10.2. The molecule has 0 heterocycles. The molecule has 0 fully saturated rings. The summed E-state index contributed by atoms with van der Waals surface area (Å²) in [5, 5.41) is 17.6. The first-order chi connectivity index (χ1) is 7.58. The first kappa shape index (κ1) is 13.4. The molecule has 4 N–H and O–H groups in total. The second kappa shape index (κ2) is 6.15. The van der Waals surface area contributed by atoms with E-state index in [4.69, 9.17) is 15.9 Å². The van der Waals surface area contributed by atoms with E-state index < -0.39 is 24.3 Å². The maximum absolute atomic E-state index is 13.4. The average Bonchev–Trinajstić information content (AvgIpc) is 2.27. The van der Waals surface area contributed by atoms with Crippen LogP contribution in [-0.4, -0.2) is 28.7 Å². The van der Waals surface area contributed by atoms with Crippen molar-refractivity contribution in [2.24, 2.45) is 5.73 Å². The molecule has 0 aliphatic heterocycles. The van der Waals surface area contributed by atoms with Crippen LogP contribution in [0.25, 0.3) is 0 Å². The van der Waals surface area contributed by atoms with E-state index in [1.165, 1.54) is 0 Å². The van der Waals surface area contributed by atoms with Gasteiger partial charge in [-0.1, -0.05) is 0 Å². The Balaban J connectivity index is 2.80. The molecule has 0 aliphatic carbocycles. The molecule has 1 atom stereocenters. The normalized spacial score (nSPS) is 12.8. The Bertz CT molecular complexity index is 340. The third-order valence-corrected chi connectivity index (χ3v) is 3.15. The summed E-state index contributed by atoms with van der Waals surface area (Å²) in [5.41, 5.74) is 5.65. The monoisotopic (exact) mass is 249 g/mol. The third-order valence-electron chi connectivity index (χ3n) is 1.92. The maximum Gasteiger partial charge on any atom is 0.140 e. The Morgan fingerprint density at radius 3 is 2.31 bits per heavy atom. The van der Waals surface area contributed by atoms with Gasteiger partial charge in [-0.25, -0.2) is 8.78 Å². The fourth-order valence-corrected chi connectivity index (χ4v) is 1.96. The van der Waals surface area contributed by atoms with Crippen molar-refractivity contribution in [2.45, 2.75) is 17.5 Å². The van der Waals surface area contributed by atoms with Crippen molar-refractivity contribution in [3.8, 4) is 0 Å². The van der Waals surface area contributed by atoms with Gasteiger partial charge in [0, 0.05) is 12.3 Å². The summed E-state index contributed by atoms with van der Waals surface area (Å²) in [6, 6.07) is 2.33. The van der Waals surface area contributed by atoms with Gasteiger partial charge >= 0.3 is 0 Å². The van der Waals surface area contributed by atoms with Crippen LogP contribution in [0, 0.1) is 11.6 Å². The van der Waals surface area contributed by atoms with Gasteiger partial charge in [0.15, 0.2) is 0 Å². The van der Waals surface area contributed by atoms with Crippen LogP contribution >= 0.6 is 11.8 Å². The predicted octanol–water partition coefficient (Wildman–Crippen LogP) is 0.869. The Hall–Kier alpha value is -0.690. The molecule has 1 aromatic carbocycles. The van der Waals surface area contributed by atoms with Crippen LogP contribution < -0.4 is 5.73 Å². The number of thioether (sulfide) groups is 1. The molecule has 0 saturated carbocycles. The number of rotatable bonds is 5. The molecule has 3 nitrogen and oxygen atoms in total. The number of nitrogens with two attached hydrogens (primary N) is 1. The molecular weight excluding hydrogens is 236 g/mol. The third kappa shape index (κ3) is 3.41. The fourth-order valence-electron chi connectivity index (χ4n) is 1.10. The van der Waals surface area contributed by atoms with E-state index in [1.807, 2.05) is 0 Å². The van der Waals surface area contributed by atoms with E-state index in [1.54, 1.807) is 0 Å². The summed E-state index contributed by atoms with van der Waals surface area (Å²) < 4.78 is 26.8. The second-order valence-corrected chi connectivity index (χ2v) is 4.27. The van der Waals surface area contributed by atoms with Gasteiger partial charge in [0.2, 0.25) is 0 Å². The quantitative estimate of drug-likeness (QED) is 0.677. The Morgan fingerprint density at radius 2 is 1.88 bits per heavy atom. The summed E-state index contributed by atoms with van der Waals surface area (Å²) in [6.07, 6.45) is -0.988. The van der Waals surface area contributed by atoms with E-state index in [9.17, 15) is 8.78 Å². The summed E-state index contributed by atoms with van der Waals surface area (Å²) >= 11 is 0.825. The zero-order valence-electron chi connectivity index (χ0n) is 8.49. The summed E-state index contributed by atoms with van der Waals surface area (Å²) in [5.74, 6) is -1.36. The molecule has 0 aliphatic rings. The van der Waals surface area contributed by atoms with Crippen molar-refractivity contribution in [1.29, 1.82) is 0 Å². The minimum absolute atomic E-state index is 0.0340. The molecule has 0 radical (unpaired) electrons. The molecular formula is C10H13F2NO2S. The summed E-state index contributed by atoms with van der Waals surface area (Å²) in [7, 11) is 0. The molecule has 6 heteroatoms. The molecule has 0 bridgehead atoms. The SMILES string of the molecule is NCc1cc(F)c(SCC(O)CO)c(F)c1. The molecule has 0 saturated heterocycles. The summed E-state index contributed by atoms with van der Waals surface area (Å²) in [4.78, 5) is -0.162. The Kier molecular flexibility index (Phi) is 5.14. The van der Waals surface area contributed by atoms with Gasteiger partial charge in [0.1, 0.15) is 11.6 Å². The van der Waals surface area contributed by atoms with Crippen molar-refractivity contribution >= 4 is 11.8 Å². The van der Waals surface area contributed by atoms with E-state index >= 15 is 0 Å². The number of halogens is 2. The molecule has 0 aromatic heterocycles. The Labute approximate surface area is 96.3 Å². The van der Waals surface area contributed by atoms with E-state index in [2.05, 4.69) is 0 Å². The molecule has 0 spiro atoms. The first-order valence-electron chi connectivity index (χ1n) is 4.68. The highest BCUT2D eigenvalue weighted by Gasteiger charge is 2.13. The van der Waals surface area contributed by atoms with Gasteiger partial charge in [-0.05, 0) is 17.7 Å². The van der Waals surface area contributed by atoms with Gasteiger partial charge in [0.25, 0.3) is 0 Å². The number of aliphatic hydroxyl groups excluding tert-OH is 2. The van der Waals surface area contributed by atoms with E-state index in [0.29, 0.717) is 5.56 Å². The zero-order valence-corrected chi connectivity index (χ0v) is 9.31. The fraction of sp³-hybridized carbons (Fsp3) is 0.400. The molecule has 0 amide bonds. The standard InChI is InChI=1S/C10H13F2NO2S/c11-8-1-6(3-13)2-9(12)10(8)16-5-7(15)4-14/h1-2,7,14-15H,3-5,13H2. The van der Waals surface area contributed by atoms with Gasteiger partial charge in [0.05, 0.1) is 17.6 Å². The van der Waals surface area contributed by atoms with Crippen LogP contribution in [0.1, 0.15) is 5.56 Å². The molecule has 16 heavy (non-hydrogen) atoms. The van der Waals surface area contributed by atoms with Gasteiger partial charge in [-0.3, -0.25) is 0 Å². The van der Waals surface area contributed by atoms with Crippen molar-refractivity contribution in [3.63, 3.8) is 0 Å². The van der Waals surface area contributed by atoms with Gasteiger partial charge in [-0.15, -0.1) is 11.8 Å². The lowest BCUT2D eigenvalue weighted by Crippen LogP contribution is -2.15. The van der Waals surface area contributed by atoms with Crippen molar-refractivity contribution < 1.29 is 19.0 Å². The van der Waals surface area contributed by atoms with E-state index in [-0.39, 0.29) is 17.2 Å². The molecule has 90 valence electrons. The van der Waals surface area contributed by atoms with Crippen molar-refractivity contribution in [3.05, 3.63) is 29.3 Å². The van der Waals surface area contributed by atoms with Crippen molar-refractivity contribution in [2.75, 3.05) is 12.4 Å². The lowest BCUT2D eigenvalue weighted by molar-refractivity contribution is 0.113. The smallest absolute Gasteiger partial charge is 0.140 e. The highest BCUT2D eigenvalue weighted by atomic mass is 32.2. The molecule has 1 rings (SSSR count). The topological polar surface area (TPSA) is 66.5 Å². The molecule has 1 aromatic rings. The van der Waals surface area contributed by atoms with Crippen LogP contribution in [0.5, 0.6) is 0 Å². The van der Waals surface area contributed by atoms with E-state index in [0.717, 1.165) is 23.9 Å². The van der Waals surface area contributed by atoms with Crippen LogP contribution in [-0.2, 0) is 6.54 Å². The first-order valence-corrected chi connectivity index (χ1v) is 5.66. The number of benzene rings is 1. The largest absolute Gasteiger partial charge is 0.394 e. The van der Waals surface area contributed by atoms with Crippen LogP contribution in [0.2, 0.25) is 0 Å². The van der Waals surface area contributed by atoms with Crippen LogP contribution in [0.3, 0.4) is 0 Å². The second-order valence-electron chi connectivity index (χ2n) is 3.24. The highest BCUT2D eigenvalue weighted by Crippen LogP contribution is 2.26. The minimum atomic E-state index is -0.988. The van der Waals surface area contributed by atoms with Gasteiger partial charge < -0.3 is 15.9 Å². The number of hydrogen-bond donors (Lipinski definition) is 3. The number of aliphatic hydroxyl groups is 2. The maximum atomic E-state index is 13.4. The van der Waals surface area contributed by atoms with Crippen molar-refractivity contribution in [1.82, 2.24) is 0 Å². The number of hydrogen-bond acceptors (Lipinski definition) is 4. The van der Waals surface area contributed by atoms with Crippen LogP contribution in [0.4, 0.5) is 8.78 Å². The molecule has 1 unspecified atom stereocenters. The Morgan fingerprint density at radius 1 is 1.31 bits per heavy atom. The lowest BCUT2D eigenvalue weighted by Gasteiger charge is -2.09. The minimum Gasteiger partial charge on any atom is -0.394 e. The van der Waals surface area contributed by atoms with Crippen LogP contribution in [0.15, 0.2) is 17.0 Å². The average molecular weight is 249 g/mol. The summed E-state index contributed by atoms with van der Waals surface area (Å²) in [6.45, 7) is -0.366. The van der Waals surface area contributed by atoms with Gasteiger partial charge in [-0.2, -0.15) is 0 Å². The highest BCUT2D eigenvalue weighted by molar-refractivity contribution is 7.99.